The Labute approximate surface area is 139 Å². The van der Waals surface area contributed by atoms with Crippen molar-refractivity contribution >= 4 is 40.0 Å². The van der Waals surface area contributed by atoms with Crippen LogP contribution in [0, 0.1) is 0 Å². The number of benzene rings is 2. The van der Waals surface area contributed by atoms with E-state index in [1.54, 1.807) is 7.11 Å². The quantitative estimate of drug-likeness (QED) is 0.667. The Balaban J connectivity index is 1.95. The largest absolute Gasteiger partial charge is 0.383 e. The van der Waals surface area contributed by atoms with E-state index in [4.69, 9.17) is 16.3 Å². The number of methoxy groups -OCH3 is 1. The number of fused-ring (bicyclic) bond motifs is 1. The van der Waals surface area contributed by atoms with Crippen molar-refractivity contribution in [2.45, 2.75) is 0 Å². The molecule has 0 radical (unpaired) electrons. The number of halogens is 1. The van der Waals surface area contributed by atoms with Crippen molar-refractivity contribution in [3.8, 4) is 0 Å². The zero-order valence-corrected chi connectivity index (χ0v) is 13.5. The lowest BCUT2D eigenvalue weighted by atomic mass is 10.2. The van der Waals surface area contributed by atoms with Gasteiger partial charge in [-0.2, -0.15) is 4.98 Å². The Morgan fingerprint density at radius 2 is 1.83 bits per heavy atom. The lowest BCUT2D eigenvalue weighted by Gasteiger charge is -2.12. The predicted octanol–water partition coefficient (Wildman–Crippen LogP) is 4.09. The van der Waals surface area contributed by atoms with Gasteiger partial charge in [-0.3, -0.25) is 0 Å². The number of nitrogens with zero attached hydrogens (tertiary/aromatic N) is 2. The van der Waals surface area contributed by atoms with Crippen LogP contribution in [0.2, 0.25) is 5.02 Å². The zero-order chi connectivity index (χ0) is 16.1. The van der Waals surface area contributed by atoms with Gasteiger partial charge in [-0.15, -0.1) is 0 Å². The van der Waals surface area contributed by atoms with Crippen LogP contribution in [0.4, 0.5) is 17.5 Å². The van der Waals surface area contributed by atoms with Gasteiger partial charge >= 0.3 is 0 Å². The summed E-state index contributed by atoms with van der Waals surface area (Å²) in [6.07, 6.45) is 0. The number of rotatable bonds is 6. The van der Waals surface area contributed by atoms with Crippen LogP contribution in [0.1, 0.15) is 0 Å². The molecule has 1 heterocycles. The van der Waals surface area contributed by atoms with Crippen molar-refractivity contribution in [2.75, 3.05) is 30.9 Å². The smallest absolute Gasteiger partial charge is 0.229 e. The average Bonchev–Trinajstić information content (AvgIpc) is 2.57. The number of hydrogen-bond donors (Lipinski definition) is 2. The van der Waals surface area contributed by atoms with Gasteiger partial charge in [-0.05, 0) is 24.3 Å². The van der Waals surface area contributed by atoms with E-state index in [1.807, 2.05) is 48.5 Å². The van der Waals surface area contributed by atoms with E-state index in [0.717, 1.165) is 22.4 Å². The first-order valence-electron chi connectivity index (χ1n) is 7.29. The molecule has 3 aromatic rings. The number of aromatic nitrogens is 2. The maximum absolute atomic E-state index is 6.18. The fourth-order valence-electron chi connectivity index (χ4n) is 2.22. The molecule has 0 aliphatic rings. The predicted molar refractivity (Wildman–Crippen MR) is 94.6 cm³/mol. The summed E-state index contributed by atoms with van der Waals surface area (Å²) < 4.78 is 5.08. The first-order chi connectivity index (χ1) is 11.3. The summed E-state index contributed by atoms with van der Waals surface area (Å²) in [5, 5.41) is 8.04. The fraction of sp³-hybridized carbons (Fsp3) is 0.176. The molecule has 0 saturated carbocycles. The van der Waals surface area contributed by atoms with Crippen LogP contribution >= 0.6 is 11.6 Å². The average molecular weight is 329 g/mol. The van der Waals surface area contributed by atoms with Gasteiger partial charge in [0.1, 0.15) is 5.82 Å². The molecule has 0 bridgehead atoms. The number of hydrogen-bond acceptors (Lipinski definition) is 5. The van der Waals surface area contributed by atoms with Crippen LogP contribution in [0.5, 0.6) is 0 Å². The van der Waals surface area contributed by atoms with Crippen LogP contribution < -0.4 is 10.6 Å². The second-order valence-electron chi connectivity index (χ2n) is 4.94. The van der Waals surface area contributed by atoms with Crippen molar-refractivity contribution in [1.29, 1.82) is 0 Å². The lowest BCUT2D eigenvalue weighted by Crippen LogP contribution is -2.10. The van der Waals surface area contributed by atoms with Gasteiger partial charge in [-0.1, -0.05) is 35.9 Å². The molecule has 2 aromatic carbocycles. The molecule has 5 nitrogen and oxygen atoms in total. The third-order valence-electron chi connectivity index (χ3n) is 3.32. The topological polar surface area (TPSA) is 59.1 Å². The SMILES string of the molecule is COCCNc1nc(Nc2ccccc2Cl)nc2ccccc12. The Morgan fingerprint density at radius 1 is 1.04 bits per heavy atom. The van der Waals surface area contributed by atoms with Crippen LogP contribution in [-0.4, -0.2) is 30.2 Å². The Morgan fingerprint density at radius 3 is 2.65 bits per heavy atom. The molecule has 0 unspecified atom stereocenters. The molecular formula is C17H17ClN4O. The number of para-hydroxylation sites is 2. The molecule has 2 N–H and O–H groups in total. The molecular weight excluding hydrogens is 312 g/mol. The normalized spacial score (nSPS) is 10.7. The summed E-state index contributed by atoms with van der Waals surface area (Å²) in [4.78, 5) is 9.11. The van der Waals surface area contributed by atoms with E-state index in [-0.39, 0.29) is 0 Å². The maximum Gasteiger partial charge on any atom is 0.229 e. The Hall–Kier alpha value is -2.37. The van der Waals surface area contributed by atoms with E-state index in [0.29, 0.717) is 24.1 Å². The summed E-state index contributed by atoms with van der Waals surface area (Å²) in [7, 11) is 1.67. The highest BCUT2D eigenvalue weighted by Gasteiger charge is 2.08. The molecule has 0 aliphatic carbocycles. The van der Waals surface area contributed by atoms with E-state index in [9.17, 15) is 0 Å². The summed E-state index contributed by atoms with van der Waals surface area (Å²) in [6, 6.07) is 15.4. The van der Waals surface area contributed by atoms with Crippen LogP contribution in [0.15, 0.2) is 48.5 Å². The molecule has 118 valence electrons. The standard InChI is InChI=1S/C17H17ClN4O/c1-23-11-10-19-16-12-6-2-4-8-14(12)20-17(22-16)21-15-9-5-3-7-13(15)18/h2-9H,10-11H2,1H3,(H2,19,20,21,22). The number of anilines is 3. The van der Waals surface area contributed by atoms with Gasteiger partial charge in [0.05, 0.1) is 22.8 Å². The Bertz CT molecular complexity index is 809. The van der Waals surface area contributed by atoms with E-state index >= 15 is 0 Å². The molecule has 1 aromatic heterocycles. The van der Waals surface area contributed by atoms with Gasteiger partial charge in [0.15, 0.2) is 0 Å². The van der Waals surface area contributed by atoms with Crippen LogP contribution in [-0.2, 0) is 4.74 Å². The van der Waals surface area contributed by atoms with Gasteiger partial charge < -0.3 is 15.4 Å². The van der Waals surface area contributed by atoms with Crippen LogP contribution in [0.3, 0.4) is 0 Å². The summed E-state index contributed by atoms with van der Waals surface area (Å²) in [6.45, 7) is 1.27. The van der Waals surface area contributed by atoms with Crippen molar-refractivity contribution in [3.05, 3.63) is 53.6 Å². The lowest BCUT2D eigenvalue weighted by molar-refractivity contribution is 0.210. The molecule has 0 fully saturated rings. The third kappa shape index (κ3) is 3.70. The molecule has 23 heavy (non-hydrogen) atoms. The van der Waals surface area contributed by atoms with Crippen molar-refractivity contribution in [2.24, 2.45) is 0 Å². The third-order valence-corrected chi connectivity index (χ3v) is 3.65. The van der Waals surface area contributed by atoms with Gasteiger partial charge in [0, 0.05) is 19.0 Å². The molecule has 6 heteroatoms. The minimum atomic E-state index is 0.497. The zero-order valence-electron chi connectivity index (χ0n) is 12.7. The second kappa shape index (κ2) is 7.26. The van der Waals surface area contributed by atoms with E-state index in [1.165, 1.54) is 0 Å². The molecule has 3 rings (SSSR count). The number of ether oxygens (including phenoxy) is 1. The van der Waals surface area contributed by atoms with Gasteiger partial charge in [0.2, 0.25) is 5.95 Å². The highest BCUT2D eigenvalue weighted by Crippen LogP contribution is 2.26. The minimum Gasteiger partial charge on any atom is -0.383 e. The second-order valence-corrected chi connectivity index (χ2v) is 5.34. The molecule has 0 aliphatic heterocycles. The number of nitrogens with one attached hydrogen (secondary N) is 2. The van der Waals surface area contributed by atoms with Gasteiger partial charge in [0.25, 0.3) is 0 Å². The maximum atomic E-state index is 6.18. The molecule has 0 amide bonds. The van der Waals surface area contributed by atoms with Crippen molar-refractivity contribution < 1.29 is 4.74 Å². The summed E-state index contributed by atoms with van der Waals surface area (Å²) in [5.74, 6) is 1.26. The molecule has 0 saturated heterocycles. The molecule has 0 atom stereocenters. The molecule has 0 spiro atoms. The van der Waals surface area contributed by atoms with Crippen molar-refractivity contribution in [1.82, 2.24) is 9.97 Å². The van der Waals surface area contributed by atoms with E-state index < -0.39 is 0 Å². The summed E-state index contributed by atoms with van der Waals surface area (Å²) >= 11 is 6.18. The Kier molecular flexibility index (Phi) is 4.90. The van der Waals surface area contributed by atoms with Gasteiger partial charge in [-0.25, -0.2) is 4.98 Å². The first-order valence-corrected chi connectivity index (χ1v) is 7.67. The highest BCUT2D eigenvalue weighted by atomic mass is 35.5. The highest BCUT2D eigenvalue weighted by molar-refractivity contribution is 6.33. The van der Waals surface area contributed by atoms with E-state index in [2.05, 4.69) is 20.6 Å². The van der Waals surface area contributed by atoms with Crippen molar-refractivity contribution in [3.63, 3.8) is 0 Å². The summed E-state index contributed by atoms with van der Waals surface area (Å²) in [5.41, 5.74) is 1.63. The van der Waals surface area contributed by atoms with Crippen LogP contribution in [0.25, 0.3) is 10.9 Å². The fourth-order valence-corrected chi connectivity index (χ4v) is 2.40. The minimum absolute atomic E-state index is 0.497. The first kappa shape index (κ1) is 15.5. The monoisotopic (exact) mass is 328 g/mol.